The molecule has 2 aromatic carbocycles. The highest BCUT2D eigenvalue weighted by Gasteiger charge is 2.30. The van der Waals surface area contributed by atoms with Crippen molar-refractivity contribution in [2.24, 2.45) is 5.73 Å². The van der Waals surface area contributed by atoms with Crippen LogP contribution in [0.3, 0.4) is 0 Å². The molecule has 148 valence electrons. The van der Waals surface area contributed by atoms with Gasteiger partial charge in [0, 0.05) is 31.7 Å². The molecule has 0 saturated carbocycles. The molecule has 9 heteroatoms. The largest absolute Gasteiger partial charge is 0.484 e. The van der Waals surface area contributed by atoms with Gasteiger partial charge in [0.15, 0.2) is 6.61 Å². The van der Waals surface area contributed by atoms with Gasteiger partial charge in [-0.2, -0.15) is 4.31 Å². The Kier molecular flexibility index (Phi) is 5.96. The fraction of sp³-hybridized carbons (Fsp3) is 0.263. The Hall–Kier alpha value is -2.91. The lowest BCUT2D eigenvalue weighted by Gasteiger charge is -2.34. The number of nitrogens with zero attached hydrogens (tertiary/aromatic N) is 2. The molecular weight excluding hydrogens is 382 g/mol. The number of sulfonamides is 1. The van der Waals surface area contributed by atoms with E-state index in [1.54, 1.807) is 59.5 Å². The number of carbonyl (C=O) groups is 2. The Bertz CT molecular complexity index is 937. The summed E-state index contributed by atoms with van der Waals surface area (Å²) in [5, 5.41) is 0. The Balaban J connectivity index is 1.60. The number of rotatable bonds is 6. The number of amides is 2. The molecule has 1 aliphatic heterocycles. The van der Waals surface area contributed by atoms with E-state index in [1.165, 1.54) is 4.31 Å². The smallest absolute Gasteiger partial charge is 0.255 e. The van der Waals surface area contributed by atoms with Gasteiger partial charge in [0.2, 0.25) is 10.0 Å². The van der Waals surface area contributed by atoms with E-state index < -0.39 is 15.9 Å². The molecule has 2 N–H and O–H groups in total. The molecule has 1 fully saturated rings. The normalized spacial score (nSPS) is 15.2. The number of ether oxygens (including phenoxy) is 1. The SMILES string of the molecule is NC(=O)COc1ccc(C(=O)N2CCN(S(=O)(=O)c3ccccc3)CC2)cc1. The zero-order chi connectivity index (χ0) is 20.1. The number of piperazine rings is 1. The Morgan fingerprint density at radius 3 is 2.11 bits per heavy atom. The number of hydrogen-bond acceptors (Lipinski definition) is 5. The van der Waals surface area contributed by atoms with Crippen LogP contribution >= 0.6 is 0 Å². The lowest BCUT2D eigenvalue weighted by Crippen LogP contribution is -2.50. The molecule has 0 radical (unpaired) electrons. The topological polar surface area (TPSA) is 110 Å². The quantitative estimate of drug-likeness (QED) is 0.763. The Morgan fingerprint density at radius 1 is 0.929 bits per heavy atom. The molecule has 8 nitrogen and oxygen atoms in total. The number of hydrogen-bond donors (Lipinski definition) is 1. The summed E-state index contributed by atoms with van der Waals surface area (Å²) in [6.07, 6.45) is 0. The van der Waals surface area contributed by atoms with E-state index in [-0.39, 0.29) is 30.5 Å². The van der Waals surface area contributed by atoms with Crippen LogP contribution in [0.4, 0.5) is 0 Å². The van der Waals surface area contributed by atoms with Crippen molar-refractivity contribution in [2.75, 3.05) is 32.8 Å². The second-order valence-electron chi connectivity index (χ2n) is 6.29. The molecule has 3 rings (SSSR count). The molecule has 0 atom stereocenters. The van der Waals surface area contributed by atoms with Gasteiger partial charge >= 0.3 is 0 Å². The van der Waals surface area contributed by atoms with Gasteiger partial charge in [0.25, 0.3) is 11.8 Å². The van der Waals surface area contributed by atoms with E-state index >= 15 is 0 Å². The first kappa shape index (κ1) is 19.8. The molecule has 0 unspecified atom stereocenters. The minimum Gasteiger partial charge on any atom is -0.484 e. The van der Waals surface area contributed by atoms with E-state index in [9.17, 15) is 18.0 Å². The van der Waals surface area contributed by atoms with Gasteiger partial charge in [0.05, 0.1) is 4.90 Å². The minimum atomic E-state index is -3.55. The molecule has 1 heterocycles. The van der Waals surface area contributed by atoms with E-state index in [2.05, 4.69) is 0 Å². The van der Waals surface area contributed by atoms with Gasteiger partial charge in [-0.05, 0) is 36.4 Å². The maximum atomic E-state index is 12.7. The monoisotopic (exact) mass is 403 g/mol. The number of nitrogens with two attached hydrogens (primary N) is 1. The van der Waals surface area contributed by atoms with Crippen molar-refractivity contribution in [3.63, 3.8) is 0 Å². The summed E-state index contributed by atoms with van der Waals surface area (Å²) in [5.41, 5.74) is 5.49. The van der Waals surface area contributed by atoms with Crippen molar-refractivity contribution in [1.29, 1.82) is 0 Å². The zero-order valence-corrected chi connectivity index (χ0v) is 16.0. The van der Waals surface area contributed by atoms with Crippen molar-refractivity contribution >= 4 is 21.8 Å². The van der Waals surface area contributed by atoms with Gasteiger partial charge in [-0.15, -0.1) is 0 Å². The van der Waals surface area contributed by atoms with Gasteiger partial charge in [-0.25, -0.2) is 8.42 Å². The third kappa shape index (κ3) is 4.49. The van der Waals surface area contributed by atoms with Crippen LogP contribution < -0.4 is 10.5 Å². The van der Waals surface area contributed by atoms with Gasteiger partial charge < -0.3 is 15.4 Å². The summed E-state index contributed by atoms with van der Waals surface area (Å²) in [5.74, 6) is -0.323. The maximum absolute atomic E-state index is 12.7. The van der Waals surface area contributed by atoms with Gasteiger partial charge in [-0.1, -0.05) is 18.2 Å². The molecule has 0 aromatic heterocycles. The lowest BCUT2D eigenvalue weighted by atomic mass is 10.2. The van der Waals surface area contributed by atoms with Crippen molar-refractivity contribution in [3.8, 4) is 5.75 Å². The van der Waals surface area contributed by atoms with Crippen LogP contribution in [0.1, 0.15) is 10.4 Å². The van der Waals surface area contributed by atoms with Crippen LogP contribution in [-0.4, -0.2) is 62.2 Å². The molecule has 0 bridgehead atoms. The van der Waals surface area contributed by atoms with Crippen LogP contribution in [0.5, 0.6) is 5.75 Å². The van der Waals surface area contributed by atoms with Gasteiger partial charge in [0.1, 0.15) is 5.75 Å². The summed E-state index contributed by atoms with van der Waals surface area (Å²) in [6.45, 7) is 0.867. The van der Waals surface area contributed by atoms with Crippen molar-refractivity contribution in [3.05, 3.63) is 60.2 Å². The first-order chi connectivity index (χ1) is 13.4. The summed E-state index contributed by atoms with van der Waals surface area (Å²) in [4.78, 5) is 25.3. The number of benzene rings is 2. The van der Waals surface area contributed by atoms with E-state index in [0.717, 1.165) is 0 Å². The third-order valence-electron chi connectivity index (χ3n) is 4.39. The Labute approximate surface area is 163 Å². The van der Waals surface area contributed by atoms with Crippen molar-refractivity contribution in [2.45, 2.75) is 4.90 Å². The molecule has 1 aliphatic rings. The number of carbonyl (C=O) groups excluding carboxylic acids is 2. The van der Waals surface area contributed by atoms with Crippen molar-refractivity contribution < 1.29 is 22.7 Å². The van der Waals surface area contributed by atoms with Crippen LogP contribution in [0.2, 0.25) is 0 Å². The standard InChI is InChI=1S/C19H21N3O5S/c20-18(23)14-27-16-8-6-15(7-9-16)19(24)21-10-12-22(13-11-21)28(25,26)17-4-2-1-3-5-17/h1-9H,10-14H2,(H2,20,23). The zero-order valence-electron chi connectivity index (χ0n) is 15.2. The second-order valence-corrected chi connectivity index (χ2v) is 8.23. The van der Waals surface area contributed by atoms with Crippen LogP contribution in [0.15, 0.2) is 59.5 Å². The van der Waals surface area contributed by atoms with E-state index in [4.69, 9.17) is 10.5 Å². The highest BCUT2D eigenvalue weighted by Crippen LogP contribution is 2.19. The molecule has 2 amide bonds. The van der Waals surface area contributed by atoms with E-state index in [0.29, 0.717) is 24.4 Å². The first-order valence-corrected chi connectivity index (χ1v) is 10.2. The summed E-state index contributed by atoms with van der Waals surface area (Å²) < 4.78 is 31.9. The molecular formula is C19H21N3O5S. The third-order valence-corrected chi connectivity index (χ3v) is 6.30. The fourth-order valence-corrected chi connectivity index (χ4v) is 4.35. The first-order valence-electron chi connectivity index (χ1n) is 8.73. The number of primary amides is 1. The fourth-order valence-electron chi connectivity index (χ4n) is 2.90. The maximum Gasteiger partial charge on any atom is 0.255 e. The highest BCUT2D eigenvalue weighted by molar-refractivity contribution is 7.89. The van der Waals surface area contributed by atoms with Crippen LogP contribution in [0, 0.1) is 0 Å². The average Bonchev–Trinajstić information content (AvgIpc) is 2.73. The van der Waals surface area contributed by atoms with Crippen LogP contribution in [-0.2, 0) is 14.8 Å². The highest BCUT2D eigenvalue weighted by atomic mass is 32.2. The molecule has 0 spiro atoms. The summed E-state index contributed by atoms with van der Waals surface area (Å²) in [6, 6.07) is 14.6. The lowest BCUT2D eigenvalue weighted by molar-refractivity contribution is -0.119. The second kappa shape index (κ2) is 8.41. The van der Waals surface area contributed by atoms with Crippen LogP contribution in [0.25, 0.3) is 0 Å². The average molecular weight is 403 g/mol. The molecule has 1 saturated heterocycles. The molecule has 28 heavy (non-hydrogen) atoms. The summed E-state index contributed by atoms with van der Waals surface area (Å²) >= 11 is 0. The van der Waals surface area contributed by atoms with Gasteiger partial charge in [-0.3, -0.25) is 9.59 Å². The van der Waals surface area contributed by atoms with E-state index in [1.807, 2.05) is 0 Å². The molecule has 0 aliphatic carbocycles. The predicted octanol–water partition coefficient (Wildman–Crippen LogP) is 0.697. The summed E-state index contributed by atoms with van der Waals surface area (Å²) in [7, 11) is -3.55. The predicted molar refractivity (Wildman–Crippen MR) is 102 cm³/mol. The molecule has 2 aromatic rings. The minimum absolute atomic E-state index is 0.182. The Morgan fingerprint density at radius 2 is 1.54 bits per heavy atom. The van der Waals surface area contributed by atoms with Crippen molar-refractivity contribution in [1.82, 2.24) is 9.21 Å².